The molecule has 0 aliphatic carbocycles. The summed E-state index contributed by atoms with van der Waals surface area (Å²) in [5, 5.41) is 0.969. The molecule has 0 N–H and O–H groups in total. The number of rotatable bonds is 4. The summed E-state index contributed by atoms with van der Waals surface area (Å²) in [6.07, 6.45) is 2.53. The second-order valence-corrected chi connectivity index (χ2v) is 5.07. The largest absolute Gasteiger partial charge is 0.469 e. The SMILES string of the molecule is Cc1occc1CN(C)c1nc2ccccc2cc1C=O. The van der Waals surface area contributed by atoms with Crippen molar-refractivity contribution >= 4 is 23.0 Å². The molecule has 4 heteroatoms. The Morgan fingerprint density at radius 3 is 2.81 bits per heavy atom. The van der Waals surface area contributed by atoms with Crippen molar-refractivity contribution in [2.45, 2.75) is 13.5 Å². The second kappa shape index (κ2) is 5.40. The third-order valence-corrected chi connectivity index (χ3v) is 3.59. The monoisotopic (exact) mass is 280 g/mol. The van der Waals surface area contributed by atoms with E-state index in [1.165, 1.54) is 0 Å². The number of aromatic nitrogens is 1. The highest BCUT2D eigenvalue weighted by Crippen LogP contribution is 2.23. The van der Waals surface area contributed by atoms with Crippen LogP contribution >= 0.6 is 0 Å². The molecule has 0 spiro atoms. The molecule has 0 atom stereocenters. The fourth-order valence-electron chi connectivity index (χ4n) is 2.42. The molecular weight excluding hydrogens is 264 g/mol. The van der Waals surface area contributed by atoms with Gasteiger partial charge < -0.3 is 9.32 Å². The highest BCUT2D eigenvalue weighted by Gasteiger charge is 2.13. The predicted octanol–water partition coefficient (Wildman–Crippen LogP) is 3.59. The van der Waals surface area contributed by atoms with Crippen molar-refractivity contribution in [1.82, 2.24) is 4.98 Å². The van der Waals surface area contributed by atoms with Gasteiger partial charge in [-0.2, -0.15) is 0 Å². The number of aldehydes is 1. The summed E-state index contributed by atoms with van der Waals surface area (Å²) in [5.74, 6) is 1.57. The Balaban J connectivity index is 2.01. The van der Waals surface area contributed by atoms with Gasteiger partial charge in [0.25, 0.3) is 0 Å². The van der Waals surface area contributed by atoms with E-state index in [-0.39, 0.29) is 0 Å². The highest BCUT2D eigenvalue weighted by atomic mass is 16.3. The molecule has 0 fully saturated rings. The molecule has 0 aliphatic heterocycles. The lowest BCUT2D eigenvalue weighted by Crippen LogP contribution is -2.19. The van der Waals surface area contributed by atoms with E-state index in [1.807, 2.05) is 55.3 Å². The Hall–Kier alpha value is -2.62. The van der Waals surface area contributed by atoms with Gasteiger partial charge in [0.2, 0.25) is 0 Å². The van der Waals surface area contributed by atoms with Crippen LogP contribution in [0.1, 0.15) is 21.7 Å². The van der Waals surface area contributed by atoms with Gasteiger partial charge in [-0.3, -0.25) is 4.79 Å². The molecule has 0 radical (unpaired) electrons. The molecule has 1 aromatic carbocycles. The molecular formula is C17H16N2O2. The lowest BCUT2D eigenvalue weighted by molar-refractivity contribution is 0.112. The quantitative estimate of drug-likeness (QED) is 0.685. The van der Waals surface area contributed by atoms with E-state index in [0.717, 1.165) is 28.5 Å². The van der Waals surface area contributed by atoms with E-state index in [4.69, 9.17) is 4.42 Å². The molecule has 4 nitrogen and oxygen atoms in total. The topological polar surface area (TPSA) is 46.3 Å². The molecule has 3 rings (SSSR count). The summed E-state index contributed by atoms with van der Waals surface area (Å²) in [7, 11) is 1.93. The molecule has 21 heavy (non-hydrogen) atoms. The number of benzene rings is 1. The van der Waals surface area contributed by atoms with Gasteiger partial charge in [-0.1, -0.05) is 18.2 Å². The minimum Gasteiger partial charge on any atom is -0.469 e. The van der Waals surface area contributed by atoms with Crippen LogP contribution in [0.4, 0.5) is 5.82 Å². The molecule has 3 aromatic rings. The Morgan fingerprint density at radius 2 is 2.10 bits per heavy atom. The molecule has 0 saturated heterocycles. The molecule has 0 aliphatic rings. The van der Waals surface area contributed by atoms with E-state index < -0.39 is 0 Å². The molecule has 0 unspecified atom stereocenters. The predicted molar refractivity (Wildman–Crippen MR) is 82.7 cm³/mol. The Labute approximate surface area is 123 Å². The molecule has 0 saturated carbocycles. The van der Waals surface area contributed by atoms with E-state index >= 15 is 0 Å². The maximum atomic E-state index is 11.4. The molecule has 0 bridgehead atoms. The van der Waals surface area contributed by atoms with Crippen molar-refractivity contribution in [3.63, 3.8) is 0 Å². The van der Waals surface area contributed by atoms with Gasteiger partial charge in [0.1, 0.15) is 11.6 Å². The number of carbonyl (C=O) groups is 1. The van der Waals surface area contributed by atoms with Gasteiger partial charge >= 0.3 is 0 Å². The maximum Gasteiger partial charge on any atom is 0.153 e. The van der Waals surface area contributed by atoms with Crippen LogP contribution in [-0.4, -0.2) is 18.3 Å². The van der Waals surface area contributed by atoms with Crippen molar-refractivity contribution in [2.24, 2.45) is 0 Å². The number of nitrogens with zero attached hydrogens (tertiary/aromatic N) is 2. The zero-order valence-corrected chi connectivity index (χ0v) is 12.0. The van der Waals surface area contributed by atoms with Crippen LogP contribution in [0.2, 0.25) is 0 Å². The first-order chi connectivity index (χ1) is 10.2. The lowest BCUT2D eigenvalue weighted by atomic mass is 10.1. The minimum absolute atomic E-state index is 0.595. The van der Waals surface area contributed by atoms with E-state index in [9.17, 15) is 4.79 Å². The third kappa shape index (κ3) is 2.52. The van der Waals surface area contributed by atoms with Crippen molar-refractivity contribution < 1.29 is 9.21 Å². The second-order valence-electron chi connectivity index (χ2n) is 5.07. The molecule has 2 aromatic heterocycles. The third-order valence-electron chi connectivity index (χ3n) is 3.59. The lowest BCUT2D eigenvalue weighted by Gasteiger charge is -2.20. The zero-order valence-electron chi connectivity index (χ0n) is 12.0. The van der Waals surface area contributed by atoms with Crippen LogP contribution in [-0.2, 0) is 6.54 Å². The number of para-hydroxylation sites is 1. The average molecular weight is 280 g/mol. The van der Waals surface area contributed by atoms with Crippen LogP contribution in [0, 0.1) is 6.92 Å². The average Bonchev–Trinajstić information content (AvgIpc) is 2.91. The first-order valence-corrected chi connectivity index (χ1v) is 6.78. The fourth-order valence-corrected chi connectivity index (χ4v) is 2.42. The number of aryl methyl sites for hydroxylation is 1. The number of fused-ring (bicyclic) bond motifs is 1. The van der Waals surface area contributed by atoms with E-state index in [0.29, 0.717) is 17.9 Å². The maximum absolute atomic E-state index is 11.4. The zero-order chi connectivity index (χ0) is 14.8. The number of anilines is 1. The summed E-state index contributed by atoms with van der Waals surface area (Å²) in [5.41, 5.74) is 2.57. The smallest absolute Gasteiger partial charge is 0.153 e. The first kappa shape index (κ1) is 13.4. The Bertz CT molecular complexity index is 792. The summed E-state index contributed by atoms with van der Waals surface area (Å²) >= 11 is 0. The fraction of sp³-hybridized carbons (Fsp3) is 0.176. The van der Waals surface area contributed by atoms with Crippen LogP contribution in [0.25, 0.3) is 10.9 Å². The highest BCUT2D eigenvalue weighted by molar-refractivity contribution is 5.91. The molecule has 2 heterocycles. The normalized spacial score (nSPS) is 10.8. The summed E-state index contributed by atoms with van der Waals surface area (Å²) in [4.78, 5) is 17.9. The number of carbonyl (C=O) groups excluding carboxylic acids is 1. The van der Waals surface area contributed by atoms with Crippen molar-refractivity contribution in [2.75, 3.05) is 11.9 Å². The number of hydrogen-bond acceptors (Lipinski definition) is 4. The van der Waals surface area contributed by atoms with Crippen molar-refractivity contribution in [3.05, 3.63) is 59.5 Å². The van der Waals surface area contributed by atoms with Crippen LogP contribution in [0.15, 0.2) is 47.1 Å². The van der Waals surface area contributed by atoms with Gasteiger partial charge in [-0.25, -0.2) is 4.98 Å². The Morgan fingerprint density at radius 1 is 1.29 bits per heavy atom. The summed E-state index contributed by atoms with van der Waals surface area (Å²) in [6.45, 7) is 2.58. The van der Waals surface area contributed by atoms with E-state index in [1.54, 1.807) is 6.26 Å². The van der Waals surface area contributed by atoms with Gasteiger partial charge in [0.15, 0.2) is 6.29 Å². The standard InChI is InChI=1S/C17H16N2O2/c1-12-14(7-8-21-12)10-19(2)17-15(11-20)9-13-5-3-4-6-16(13)18-17/h3-9,11H,10H2,1-2H3. The summed E-state index contributed by atoms with van der Waals surface area (Å²) < 4.78 is 5.31. The van der Waals surface area contributed by atoms with Gasteiger partial charge in [-0.15, -0.1) is 0 Å². The number of furan rings is 1. The van der Waals surface area contributed by atoms with Gasteiger partial charge in [0, 0.05) is 24.5 Å². The molecule has 106 valence electrons. The van der Waals surface area contributed by atoms with Crippen LogP contribution < -0.4 is 4.90 Å². The van der Waals surface area contributed by atoms with Crippen molar-refractivity contribution in [3.8, 4) is 0 Å². The number of pyridine rings is 1. The Kier molecular flexibility index (Phi) is 3.44. The first-order valence-electron chi connectivity index (χ1n) is 6.78. The summed E-state index contributed by atoms with van der Waals surface area (Å²) in [6, 6.07) is 11.6. The van der Waals surface area contributed by atoms with Gasteiger partial charge in [0.05, 0.1) is 17.3 Å². The molecule has 0 amide bonds. The van der Waals surface area contributed by atoms with Gasteiger partial charge in [-0.05, 0) is 25.1 Å². The van der Waals surface area contributed by atoms with Crippen LogP contribution in [0.3, 0.4) is 0 Å². The van der Waals surface area contributed by atoms with E-state index in [2.05, 4.69) is 4.98 Å². The van der Waals surface area contributed by atoms with Crippen molar-refractivity contribution in [1.29, 1.82) is 0 Å². The number of hydrogen-bond donors (Lipinski definition) is 0. The minimum atomic E-state index is 0.595. The van der Waals surface area contributed by atoms with Crippen LogP contribution in [0.5, 0.6) is 0 Å².